The molecule has 128 valence electrons. The van der Waals surface area contributed by atoms with Crippen molar-refractivity contribution in [2.75, 3.05) is 19.6 Å². The molecule has 24 heavy (non-hydrogen) atoms. The minimum atomic E-state index is 0.0537. The van der Waals surface area contributed by atoms with Gasteiger partial charge in [0.25, 0.3) is 5.91 Å². The average Bonchev–Trinajstić information content (AvgIpc) is 3.36. The maximum absolute atomic E-state index is 12.9. The molecule has 2 fully saturated rings. The Bertz CT molecular complexity index is 764. The van der Waals surface area contributed by atoms with Crippen LogP contribution in [-0.2, 0) is 0 Å². The highest BCUT2D eigenvalue weighted by molar-refractivity contribution is 7.21. The van der Waals surface area contributed by atoms with Crippen molar-refractivity contribution in [2.45, 2.75) is 31.7 Å². The van der Waals surface area contributed by atoms with Crippen LogP contribution in [0.15, 0.2) is 18.2 Å². The van der Waals surface area contributed by atoms with Gasteiger partial charge < -0.3 is 10.2 Å². The summed E-state index contributed by atoms with van der Waals surface area (Å²) in [5, 5.41) is 5.79. The third-order valence-electron chi connectivity index (χ3n) is 4.96. The molecule has 0 radical (unpaired) electrons. The van der Waals surface area contributed by atoms with E-state index in [9.17, 15) is 4.79 Å². The highest BCUT2D eigenvalue weighted by atomic mass is 35.5. The van der Waals surface area contributed by atoms with Crippen molar-refractivity contribution in [1.82, 2.24) is 10.2 Å². The largest absolute Gasteiger partial charge is 0.338 e. The number of rotatable bonds is 4. The average molecular weight is 383 g/mol. The number of amides is 1. The standard InChI is InChI=1S/C18H20Cl2N2OS/c19-12-3-4-14-15(9-12)24-17(16(14)20)18(23)22-7-5-13(6-8-22)21-10-11-1-2-11/h3-4,9,11,13,21H,1-2,5-8,10H2. The van der Waals surface area contributed by atoms with Gasteiger partial charge in [-0.2, -0.15) is 0 Å². The number of benzene rings is 1. The Balaban J connectivity index is 1.43. The van der Waals surface area contributed by atoms with Gasteiger partial charge in [0, 0.05) is 34.2 Å². The number of nitrogens with one attached hydrogen (secondary N) is 1. The zero-order valence-electron chi connectivity index (χ0n) is 13.4. The Hall–Kier alpha value is -0.810. The van der Waals surface area contributed by atoms with Crippen molar-refractivity contribution in [3.8, 4) is 0 Å². The molecule has 0 bridgehead atoms. The van der Waals surface area contributed by atoms with E-state index in [-0.39, 0.29) is 5.91 Å². The van der Waals surface area contributed by atoms with Crippen LogP contribution in [0.25, 0.3) is 10.1 Å². The first kappa shape index (κ1) is 16.6. The van der Waals surface area contributed by atoms with E-state index < -0.39 is 0 Å². The molecule has 0 unspecified atom stereocenters. The molecule has 1 amide bonds. The zero-order chi connectivity index (χ0) is 16.7. The molecule has 1 saturated carbocycles. The van der Waals surface area contributed by atoms with Crippen molar-refractivity contribution < 1.29 is 4.79 Å². The molecular weight excluding hydrogens is 363 g/mol. The Morgan fingerprint density at radius 2 is 1.96 bits per heavy atom. The van der Waals surface area contributed by atoms with Crippen LogP contribution < -0.4 is 5.32 Å². The van der Waals surface area contributed by atoms with Crippen LogP contribution in [0, 0.1) is 5.92 Å². The molecule has 1 aromatic carbocycles. The monoisotopic (exact) mass is 382 g/mol. The Kier molecular flexibility index (Phi) is 4.74. The number of hydrogen-bond donors (Lipinski definition) is 1. The molecule has 6 heteroatoms. The topological polar surface area (TPSA) is 32.3 Å². The van der Waals surface area contributed by atoms with E-state index in [1.165, 1.54) is 24.2 Å². The van der Waals surface area contributed by atoms with Gasteiger partial charge >= 0.3 is 0 Å². The van der Waals surface area contributed by atoms with Crippen molar-refractivity contribution in [2.24, 2.45) is 5.92 Å². The minimum absolute atomic E-state index is 0.0537. The van der Waals surface area contributed by atoms with Gasteiger partial charge in [-0.3, -0.25) is 4.79 Å². The Morgan fingerprint density at radius 3 is 2.67 bits per heavy atom. The summed E-state index contributed by atoms with van der Waals surface area (Å²) in [5.41, 5.74) is 0. The molecule has 0 spiro atoms. The molecule has 2 aromatic rings. The minimum Gasteiger partial charge on any atom is -0.338 e. The summed E-state index contributed by atoms with van der Waals surface area (Å²) in [5.74, 6) is 0.951. The van der Waals surface area contributed by atoms with Gasteiger partial charge in [-0.1, -0.05) is 29.3 Å². The van der Waals surface area contributed by atoms with E-state index in [2.05, 4.69) is 5.32 Å². The fourth-order valence-electron chi connectivity index (χ4n) is 3.26. The molecule has 3 nitrogen and oxygen atoms in total. The number of fused-ring (bicyclic) bond motifs is 1. The lowest BCUT2D eigenvalue weighted by Gasteiger charge is -2.32. The number of hydrogen-bond acceptors (Lipinski definition) is 3. The summed E-state index contributed by atoms with van der Waals surface area (Å²) in [6.45, 7) is 2.74. The van der Waals surface area contributed by atoms with Crippen LogP contribution in [0.3, 0.4) is 0 Å². The second-order valence-electron chi connectivity index (χ2n) is 6.80. The molecule has 1 N–H and O–H groups in total. The highest BCUT2D eigenvalue weighted by Crippen LogP contribution is 2.37. The quantitative estimate of drug-likeness (QED) is 0.822. The first-order chi connectivity index (χ1) is 11.6. The normalized spacial score (nSPS) is 19.2. The predicted octanol–water partition coefficient (Wildman–Crippen LogP) is 4.81. The second kappa shape index (κ2) is 6.83. The van der Waals surface area contributed by atoms with E-state index in [1.807, 2.05) is 23.1 Å². The second-order valence-corrected chi connectivity index (χ2v) is 8.67. The summed E-state index contributed by atoms with van der Waals surface area (Å²) < 4.78 is 0.969. The molecule has 0 atom stereocenters. The van der Waals surface area contributed by atoms with Gasteiger partial charge in [-0.25, -0.2) is 0 Å². The smallest absolute Gasteiger partial charge is 0.265 e. The molecule has 1 aliphatic carbocycles. The van der Waals surface area contributed by atoms with Gasteiger partial charge in [0.05, 0.1) is 5.02 Å². The first-order valence-corrected chi connectivity index (χ1v) is 10.1. The predicted molar refractivity (Wildman–Crippen MR) is 101 cm³/mol. The van der Waals surface area contributed by atoms with Crippen LogP contribution in [-0.4, -0.2) is 36.5 Å². The Labute approximate surface area is 155 Å². The lowest BCUT2D eigenvalue weighted by molar-refractivity contribution is 0.0710. The first-order valence-electron chi connectivity index (χ1n) is 8.52. The summed E-state index contributed by atoms with van der Waals surface area (Å²) in [6, 6.07) is 6.12. The van der Waals surface area contributed by atoms with Crippen LogP contribution in [0.5, 0.6) is 0 Å². The van der Waals surface area contributed by atoms with Gasteiger partial charge in [0.15, 0.2) is 0 Å². The third kappa shape index (κ3) is 3.43. The summed E-state index contributed by atoms with van der Waals surface area (Å²) in [7, 11) is 0. The van der Waals surface area contributed by atoms with Crippen LogP contribution >= 0.6 is 34.5 Å². The third-order valence-corrected chi connectivity index (χ3v) is 6.84. The lowest BCUT2D eigenvalue weighted by Crippen LogP contribution is -2.45. The van der Waals surface area contributed by atoms with Crippen molar-refractivity contribution in [3.63, 3.8) is 0 Å². The van der Waals surface area contributed by atoms with Crippen molar-refractivity contribution in [1.29, 1.82) is 0 Å². The fourth-order valence-corrected chi connectivity index (χ4v) is 5.02. The molecule has 4 rings (SSSR count). The van der Waals surface area contributed by atoms with Crippen LogP contribution in [0.1, 0.15) is 35.4 Å². The molecular formula is C18H20Cl2N2OS. The van der Waals surface area contributed by atoms with Crippen molar-refractivity contribution >= 4 is 50.5 Å². The highest BCUT2D eigenvalue weighted by Gasteiger charge is 2.28. The van der Waals surface area contributed by atoms with Crippen LogP contribution in [0.2, 0.25) is 10.0 Å². The van der Waals surface area contributed by atoms with Crippen LogP contribution in [0.4, 0.5) is 0 Å². The summed E-state index contributed by atoms with van der Waals surface area (Å²) >= 11 is 13.9. The number of thiophene rings is 1. The van der Waals surface area contributed by atoms with E-state index in [4.69, 9.17) is 23.2 Å². The number of carbonyl (C=O) groups is 1. The Morgan fingerprint density at radius 1 is 1.21 bits per heavy atom. The number of halogens is 2. The molecule has 2 heterocycles. The molecule has 1 aromatic heterocycles. The van der Waals surface area contributed by atoms with Crippen molar-refractivity contribution in [3.05, 3.63) is 33.1 Å². The van der Waals surface area contributed by atoms with Gasteiger partial charge in [0.2, 0.25) is 0 Å². The maximum Gasteiger partial charge on any atom is 0.265 e. The maximum atomic E-state index is 12.9. The van der Waals surface area contributed by atoms with E-state index in [0.29, 0.717) is 21.0 Å². The van der Waals surface area contributed by atoms with Gasteiger partial charge in [-0.05, 0) is 50.3 Å². The number of piperidine rings is 1. The molecule has 2 aliphatic rings. The van der Waals surface area contributed by atoms with Gasteiger partial charge in [-0.15, -0.1) is 11.3 Å². The fraction of sp³-hybridized carbons (Fsp3) is 0.500. The number of carbonyl (C=O) groups excluding carboxylic acids is 1. The lowest BCUT2D eigenvalue weighted by atomic mass is 10.0. The molecule has 1 aliphatic heterocycles. The van der Waals surface area contributed by atoms with E-state index >= 15 is 0 Å². The van der Waals surface area contributed by atoms with E-state index in [0.717, 1.165) is 48.5 Å². The SMILES string of the molecule is O=C(c1sc2cc(Cl)ccc2c1Cl)N1CCC(NCC2CC2)CC1. The molecule has 1 saturated heterocycles. The van der Waals surface area contributed by atoms with E-state index in [1.54, 1.807) is 0 Å². The number of nitrogens with zero attached hydrogens (tertiary/aromatic N) is 1. The summed E-state index contributed by atoms with van der Waals surface area (Å²) in [4.78, 5) is 15.4. The zero-order valence-corrected chi connectivity index (χ0v) is 15.7. The van der Waals surface area contributed by atoms with Gasteiger partial charge in [0.1, 0.15) is 4.88 Å². The summed E-state index contributed by atoms with van der Waals surface area (Å²) in [6.07, 6.45) is 4.79. The number of likely N-dealkylation sites (tertiary alicyclic amines) is 1.